The lowest BCUT2D eigenvalue weighted by Gasteiger charge is -2.24. The molecule has 0 amide bonds. The van der Waals surface area contributed by atoms with E-state index in [1.54, 1.807) is 0 Å². The minimum atomic E-state index is 0.478. The van der Waals surface area contributed by atoms with Gasteiger partial charge < -0.3 is 4.74 Å². The zero-order valence-corrected chi connectivity index (χ0v) is 10.7. The summed E-state index contributed by atoms with van der Waals surface area (Å²) in [5.41, 5.74) is 3.02. The molecule has 1 saturated carbocycles. The highest BCUT2D eigenvalue weighted by Gasteiger charge is 2.23. The highest BCUT2D eigenvalue weighted by Crippen LogP contribution is 2.38. The van der Waals surface area contributed by atoms with Gasteiger partial charge in [-0.1, -0.05) is 25.5 Å². The van der Waals surface area contributed by atoms with Gasteiger partial charge in [-0.05, 0) is 61.6 Å². The molecule has 0 heterocycles. The van der Waals surface area contributed by atoms with Gasteiger partial charge >= 0.3 is 0 Å². The Morgan fingerprint density at radius 2 is 1.88 bits per heavy atom. The topological polar surface area (TPSA) is 9.23 Å². The first-order valence-electron chi connectivity index (χ1n) is 7.13. The fourth-order valence-electron chi connectivity index (χ4n) is 3.30. The van der Waals surface area contributed by atoms with Gasteiger partial charge in [0.25, 0.3) is 0 Å². The Morgan fingerprint density at radius 3 is 2.71 bits per heavy atom. The molecule has 0 N–H and O–H groups in total. The van der Waals surface area contributed by atoms with E-state index in [1.807, 2.05) is 0 Å². The van der Waals surface area contributed by atoms with E-state index in [1.165, 1.54) is 61.8 Å². The van der Waals surface area contributed by atoms with Crippen LogP contribution in [0.15, 0.2) is 18.2 Å². The molecule has 1 unspecified atom stereocenters. The molecule has 1 heteroatoms. The second-order valence-corrected chi connectivity index (χ2v) is 5.64. The molecule has 1 atom stereocenters. The quantitative estimate of drug-likeness (QED) is 0.729. The highest BCUT2D eigenvalue weighted by atomic mass is 16.5. The molecule has 1 aromatic rings. The molecule has 1 fully saturated rings. The van der Waals surface area contributed by atoms with Crippen molar-refractivity contribution in [2.75, 3.05) is 0 Å². The van der Waals surface area contributed by atoms with Crippen LogP contribution >= 0.6 is 0 Å². The lowest BCUT2D eigenvalue weighted by atomic mass is 9.97. The number of hydrogen-bond acceptors (Lipinski definition) is 1. The second kappa shape index (κ2) is 4.72. The van der Waals surface area contributed by atoms with Crippen molar-refractivity contribution in [3.05, 3.63) is 29.3 Å². The molecule has 1 aromatic carbocycles. The summed E-state index contributed by atoms with van der Waals surface area (Å²) in [6.07, 6.45) is 9.56. The molecule has 0 aliphatic heterocycles. The summed E-state index contributed by atoms with van der Waals surface area (Å²) in [5.74, 6) is 1.90. The largest absolute Gasteiger partial charge is 0.490 e. The molecule has 0 aromatic heterocycles. The smallest absolute Gasteiger partial charge is 0.123 e. The Labute approximate surface area is 104 Å². The fraction of sp³-hybridized carbons (Fsp3) is 0.625. The fourth-order valence-corrected chi connectivity index (χ4v) is 3.30. The third kappa shape index (κ3) is 2.20. The molecular weight excluding hydrogens is 208 g/mol. The van der Waals surface area contributed by atoms with E-state index in [0.717, 1.165) is 5.92 Å². The molecular formula is C16H22O. The molecule has 17 heavy (non-hydrogen) atoms. The molecule has 0 spiro atoms. The molecule has 1 nitrogen and oxygen atoms in total. The van der Waals surface area contributed by atoms with Gasteiger partial charge in [-0.25, -0.2) is 0 Å². The van der Waals surface area contributed by atoms with E-state index < -0.39 is 0 Å². The lowest BCUT2D eigenvalue weighted by molar-refractivity contribution is 0.153. The van der Waals surface area contributed by atoms with Gasteiger partial charge in [0, 0.05) is 0 Å². The SMILES string of the molecule is CC1CCc2c(OC3CCCCC3)cccc21. The standard InChI is InChI=1S/C16H22O/c1-12-10-11-15-14(12)8-5-9-16(15)17-13-6-3-2-4-7-13/h5,8-9,12-13H,2-4,6-7,10-11H2,1H3. The van der Waals surface area contributed by atoms with Crippen LogP contribution in [0.3, 0.4) is 0 Å². The van der Waals surface area contributed by atoms with Crippen LogP contribution in [0.2, 0.25) is 0 Å². The van der Waals surface area contributed by atoms with Crippen molar-refractivity contribution in [2.45, 2.75) is 63.9 Å². The van der Waals surface area contributed by atoms with Crippen molar-refractivity contribution in [2.24, 2.45) is 0 Å². The average Bonchev–Trinajstić information content (AvgIpc) is 2.74. The van der Waals surface area contributed by atoms with Crippen molar-refractivity contribution in [1.29, 1.82) is 0 Å². The molecule has 3 rings (SSSR count). The number of benzene rings is 1. The summed E-state index contributed by atoms with van der Waals surface area (Å²) in [6, 6.07) is 6.62. The summed E-state index contributed by atoms with van der Waals surface area (Å²) in [5, 5.41) is 0. The van der Waals surface area contributed by atoms with Crippen LogP contribution < -0.4 is 4.74 Å². The third-order valence-electron chi connectivity index (χ3n) is 4.37. The van der Waals surface area contributed by atoms with E-state index in [9.17, 15) is 0 Å². The molecule has 0 radical (unpaired) electrons. The van der Waals surface area contributed by atoms with Gasteiger partial charge in [-0.3, -0.25) is 0 Å². The van der Waals surface area contributed by atoms with Gasteiger partial charge in [0.1, 0.15) is 5.75 Å². The Kier molecular flexibility index (Phi) is 3.09. The van der Waals surface area contributed by atoms with Gasteiger partial charge in [0.05, 0.1) is 6.10 Å². The predicted octanol–water partition coefficient (Wildman–Crippen LogP) is 4.45. The second-order valence-electron chi connectivity index (χ2n) is 5.64. The van der Waals surface area contributed by atoms with Crippen LogP contribution in [0.5, 0.6) is 5.75 Å². The number of ether oxygens (including phenoxy) is 1. The van der Waals surface area contributed by atoms with Crippen molar-refractivity contribution in [3.8, 4) is 5.75 Å². The normalized spacial score (nSPS) is 24.6. The Hall–Kier alpha value is -0.980. The Balaban J connectivity index is 1.79. The monoisotopic (exact) mass is 230 g/mol. The van der Waals surface area contributed by atoms with E-state index in [0.29, 0.717) is 6.10 Å². The zero-order valence-electron chi connectivity index (χ0n) is 10.7. The highest BCUT2D eigenvalue weighted by molar-refractivity contribution is 5.45. The van der Waals surface area contributed by atoms with Crippen molar-refractivity contribution in [1.82, 2.24) is 0 Å². The molecule has 0 bridgehead atoms. The summed E-state index contributed by atoms with van der Waals surface area (Å²) >= 11 is 0. The average molecular weight is 230 g/mol. The first-order valence-corrected chi connectivity index (χ1v) is 7.13. The van der Waals surface area contributed by atoms with Gasteiger partial charge in [-0.15, -0.1) is 0 Å². The van der Waals surface area contributed by atoms with Crippen LogP contribution in [-0.2, 0) is 6.42 Å². The minimum absolute atomic E-state index is 0.478. The summed E-state index contributed by atoms with van der Waals surface area (Å²) in [6.45, 7) is 2.33. The maximum atomic E-state index is 6.25. The van der Waals surface area contributed by atoms with Crippen molar-refractivity contribution < 1.29 is 4.74 Å². The van der Waals surface area contributed by atoms with Gasteiger partial charge in [0.2, 0.25) is 0 Å². The van der Waals surface area contributed by atoms with Crippen LogP contribution in [0.25, 0.3) is 0 Å². The maximum absolute atomic E-state index is 6.25. The Morgan fingerprint density at radius 1 is 1.06 bits per heavy atom. The first kappa shape index (κ1) is 11.1. The van der Waals surface area contributed by atoms with Crippen molar-refractivity contribution in [3.63, 3.8) is 0 Å². The van der Waals surface area contributed by atoms with Crippen LogP contribution in [-0.4, -0.2) is 6.10 Å². The first-order chi connectivity index (χ1) is 8.34. The van der Waals surface area contributed by atoms with E-state index in [4.69, 9.17) is 4.74 Å². The van der Waals surface area contributed by atoms with Crippen LogP contribution in [0.1, 0.15) is 62.5 Å². The number of fused-ring (bicyclic) bond motifs is 1. The predicted molar refractivity (Wildman–Crippen MR) is 70.7 cm³/mol. The van der Waals surface area contributed by atoms with E-state index in [2.05, 4.69) is 25.1 Å². The van der Waals surface area contributed by atoms with E-state index in [-0.39, 0.29) is 0 Å². The van der Waals surface area contributed by atoms with Crippen molar-refractivity contribution >= 4 is 0 Å². The summed E-state index contributed by atoms with van der Waals surface area (Å²) in [7, 11) is 0. The molecule has 2 aliphatic rings. The summed E-state index contributed by atoms with van der Waals surface area (Å²) in [4.78, 5) is 0. The molecule has 0 saturated heterocycles. The van der Waals surface area contributed by atoms with Gasteiger partial charge in [-0.2, -0.15) is 0 Å². The van der Waals surface area contributed by atoms with Crippen LogP contribution in [0.4, 0.5) is 0 Å². The third-order valence-corrected chi connectivity index (χ3v) is 4.37. The zero-order chi connectivity index (χ0) is 11.7. The lowest BCUT2D eigenvalue weighted by Crippen LogP contribution is -2.20. The maximum Gasteiger partial charge on any atom is 0.123 e. The Bertz CT molecular complexity index is 391. The minimum Gasteiger partial charge on any atom is -0.490 e. The number of rotatable bonds is 2. The van der Waals surface area contributed by atoms with E-state index >= 15 is 0 Å². The molecule has 2 aliphatic carbocycles. The van der Waals surface area contributed by atoms with Crippen LogP contribution in [0, 0.1) is 0 Å². The number of hydrogen-bond donors (Lipinski definition) is 0. The molecule has 92 valence electrons. The van der Waals surface area contributed by atoms with Gasteiger partial charge in [0.15, 0.2) is 0 Å². The summed E-state index contributed by atoms with van der Waals surface area (Å²) < 4.78 is 6.25.